The van der Waals surface area contributed by atoms with Crippen molar-refractivity contribution in [2.24, 2.45) is 0 Å². The lowest BCUT2D eigenvalue weighted by molar-refractivity contribution is 0.669. The Morgan fingerprint density at radius 1 is 0.438 bits per heavy atom. The summed E-state index contributed by atoms with van der Waals surface area (Å²) in [5, 5.41) is 4.49. The lowest BCUT2D eigenvalue weighted by Gasteiger charge is -2.08. The van der Waals surface area contributed by atoms with Crippen molar-refractivity contribution in [1.82, 2.24) is 24.3 Å². The Labute approximate surface area is 272 Å². The lowest BCUT2D eigenvalue weighted by Crippen LogP contribution is -2.14. The summed E-state index contributed by atoms with van der Waals surface area (Å²) in [7, 11) is 0. The maximum Gasteiger partial charge on any atom is 0.264 e. The van der Waals surface area contributed by atoms with E-state index in [-0.39, 0.29) is 5.56 Å². The van der Waals surface area contributed by atoms with Crippen molar-refractivity contribution in [2.75, 3.05) is 0 Å². The van der Waals surface area contributed by atoms with E-state index in [1.165, 1.54) is 0 Å². The van der Waals surface area contributed by atoms with Crippen LogP contribution in [0, 0.1) is 0 Å². The molecule has 4 aromatic heterocycles. The van der Waals surface area contributed by atoms with Crippen molar-refractivity contribution in [1.29, 1.82) is 0 Å². The summed E-state index contributed by atoms with van der Waals surface area (Å²) in [4.78, 5) is 33.4. The first-order valence-electron chi connectivity index (χ1n) is 15.7. The minimum atomic E-state index is -0.0781. The average molecular weight is 618 g/mol. The van der Waals surface area contributed by atoms with Crippen molar-refractivity contribution in [2.45, 2.75) is 0 Å². The molecule has 7 heteroatoms. The van der Waals surface area contributed by atoms with Gasteiger partial charge >= 0.3 is 0 Å². The van der Waals surface area contributed by atoms with Crippen LogP contribution in [0.3, 0.4) is 0 Å². The maximum atomic E-state index is 13.9. The van der Waals surface area contributed by atoms with Gasteiger partial charge in [0.15, 0.2) is 17.5 Å². The van der Waals surface area contributed by atoms with Crippen LogP contribution in [0.2, 0.25) is 0 Å². The highest BCUT2D eigenvalue weighted by molar-refractivity contribution is 6.12. The zero-order chi connectivity index (χ0) is 31.8. The van der Waals surface area contributed by atoms with Crippen LogP contribution in [0.15, 0.2) is 149 Å². The lowest BCUT2D eigenvalue weighted by atomic mass is 10.1. The highest BCUT2D eigenvalue weighted by Gasteiger charge is 2.20. The van der Waals surface area contributed by atoms with E-state index in [1.807, 2.05) is 127 Å². The predicted octanol–water partition coefficient (Wildman–Crippen LogP) is 9.19. The van der Waals surface area contributed by atoms with E-state index < -0.39 is 0 Å². The highest BCUT2D eigenvalue weighted by Crippen LogP contribution is 2.36. The third-order valence-electron chi connectivity index (χ3n) is 9.01. The fourth-order valence-electron chi connectivity index (χ4n) is 6.75. The fourth-order valence-corrected chi connectivity index (χ4v) is 6.75. The second kappa shape index (κ2) is 10.1. The molecule has 0 aliphatic rings. The molecule has 10 rings (SSSR count). The van der Waals surface area contributed by atoms with Crippen LogP contribution in [-0.2, 0) is 0 Å². The molecule has 0 spiro atoms. The second-order valence-electron chi connectivity index (χ2n) is 11.9. The number of benzene rings is 6. The van der Waals surface area contributed by atoms with Gasteiger partial charge in [0.25, 0.3) is 5.56 Å². The number of furan rings is 1. The fraction of sp³-hybridized carbons (Fsp3) is 0. The Morgan fingerprint density at radius 3 is 1.79 bits per heavy atom. The van der Waals surface area contributed by atoms with Crippen LogP contribution in [0.5, 0.6) is 0 Å². The number of hydrogen-bond acceptors (Lipinski definition) is 6. The summed E-state index contributed by atoms with van der Waals surface area (Å²) in [6.45, 7) is 0. The Morgan fingerprint density at radius 2 is 1.06 bits per heavy atom. The number of nitrogens with zero attached hydrogens (tertiary/aromatic N) is 5. The first kappa shape index (κ1) is 26.5. The Kier molecular flexibility index (Phi) is 5.59. The summed E-state index contributed by atoms with van der Waals surface area (Å²) in [5.41, 5.74) is 6.47. The Hall–Kier alpha value is -6.73. The van der Waals surface area contributed by atoms with Gasteiger partial charge in [0.05, 0.1) is 11.0 Å². The van der Waals surface area contributed by atoms with Gasteiger partial charge in [-0.2, -0.15) is 0 Å². The first-order chi connectivity index (χ1) is 23.7. The molecule has 224 valence electrons. The van der Waals surface area contributed by atoms with Gasteiger partial charge in [-0.3, -0.25) is 9.20 Å². The third-order valence-corrected chi connectivity index (χ3v) is 9.01. The van der Waals surface area contributed by atoms with Crippen LogP contribution >= 0.6 is 0 Å². The number of fused-ring (bicyclic) bond motifs is 5. The van der Waals surface area contributed by atoms with E-state index in [2.05, 4.69) is 12.1 Å². The third kappa shape index (κ3) is 3.98. The van der Waals surface area contributed by atoms with Crippen molar-refractivity contribution < 1.29 is 4.42 Å². The normalized spacial score (nSPS) is 11.8. The van der Waals surface area contributed by atoms with Crippen LogP contribution < -0.4 is 5.56 Å². The minimum absolute atomic E-state index is 0.0781. The molecule has 48 heavy (non-hydrogen) atoms. The van der Waals surface area contributed by atoms with E-state index in [4.69, 9.17) is 24.4 Å². The van der Waals surface area contributed by atoms with Crippen LogP contribution in [0.4, 0.5) is 0 Å². The molecule has 0 atom stereocenters. The molecular weight excluding hydrogens is 594 g/mol. The van der Waals surface area contributed by atoms with Crippen molar-refractivity contribution in [3.63, 3.8) is 0 Å². The maximum absolute atomic E-state index is 13.9. The van der Waals surface area contributed by atoms with Gasteiger partial charge in [-0.1, -0.05) is 97.1 Å². The van der Waals surface area contributed by atoms with Gasteiger partial charge in [-0.05, 0) is 47.9 Å². The van der Waals surface area contributed by atoms with Crippen LogP contribution in [-0.4, -0.2) is 24.3 Å². The summed E-state index contributed by atoms with van der Waals surface area (Å²) in [6, 6.07) is 45.6. The topological polar surface area (TPSA) is 86.2 Å². The first-order valence-corrected chi connectivity index (χ1v) is 15.7. The number of para-hydroxylation sites is 1. The number of rotatable bonds is 4. The number of aromatic nitrogens is 5. The molecular formula is C41H23N5O2. The van der Waals surface area contributed by atoms with Gasteiger partial charge in [0.1, 0.15) is 17.0 Å². The molecule has 4 heterocycles. The molecule has 0 radical (unpaired) electrons. The summed E-state index contributed by atoms with van der Waals surface area (Å²) in [5.74, 6) is 2.37. The zero-order valence-corrected chi connectivity index (χ0v) is 25.3. The zero-order valence-electron chi connectivity index (χ0n) is 25.3. The van der Waals surface area contributed by atoms with Gasteiger partial charge in [0.2, 0.25) is 0 Å². The van der Waals surface area contributed by atoms with E-state index >= 15 is 0 Å². The summed E-state index contributed by atoms with van der Waals surface area (Å²) >= 11 is 0. The SMILES string of the molecule is O=c1c2ccccc2c2cccc3nc(-c4ccc5oc6cc(-c7nc(-c8ccccc8)nc(-c8ccccc8)n7)ccc6c5c4)n1c32. The molecule has 0 saturated heterocycles. The molecule has 0 saturated carbocycles. The number of hydrogen-bond donors (Lipinski definition) is 0. The minimum Gasteiger partial charge on any atom is -0.456 e. The van der Waals surface area contributed by atoms with Crippen LogP contribution in [0.1, 0.15) is 0 Å². The van der Waals surface area contributed by atoms with E-state index in [0.717, 1.165) is 60.4 Å². The monoisotopic (exact) mass is 617 g/mol. The quantitative estimate of drug-likeness (QED) is 0.183. The van der Waals surface area contributed by atoms with Gasteiger partial charge in [-0.15, -0.1) is 0 Å². The molecule has 10 aromatic rings. The summed E-state index contributed by atoms with van der Waals surface area (Å²) in [6.07, 6.45) is 0. The molecule has 0 fully saturated rings. The summed E-state index contributed by atoms with van der Waals surface area (Å²) < 4.78 is 8.14. The molecule has 0 aliphatic carbocycles. The largest absolute Gasteiger partial charge is 0.456 e. The van der Waals surface area contributed by atoms with Gasteiger partial charge < -0.3 is 4.42 Å². The molecule has 0 unspecified atom stereocenters. The standard InChI is InChI=1S/C41H23N5O2/c47-41-31-15-8-7-14-28(31)30-16-9-17-33-36(30)46(41)40(42-33)27-19-21-34-32(22-27)29-20-18-26(23-35(29)48-34)39-44-37(24-10-3-1-4-11-24)43-38(45-39)25-12-5-2-6-13-25/h1-23H. The molecule has 0 N–H and O–H groups in total. The van der Waals surface area contributed by atoms with E-state index in [9.17, 15) is 4.79 Å². The molecule has 0 amide bonds. The number of imidazole rings is 1. The second-order valence-corrected chi connectivity index (χ2v) is 11.9. The molecule has 0 bridgehead atoms. The van der Waals surface area contributed by atoms with E-state index in [0.29, 0.717) is 34.3 Å². The highest BCUT2D eigenvalue weighted by atomic mass is 16.3. The van der Waals surface area contributed by atoms with Crippen molar-refractivity contribution >= 4 is 49.1 Å². The van der Waals surface area contributed by atoms with Crippen molar-refractivity contribution in [3.05, 3.63) is 150 Å². The molecule has 0 aliphatic heterocycles. The molecule has 6 aromatic carbocycles. The predicted molar refractivity (Wildman–Crippen MR) is 190 cm³/mol. The Balaban J connectivity index is 1.13. The van der Waals surface area contributed by atoms with Crippen LogP contribution in [0.25, 0.3) is 94.7 Å². The van der Waals surface area contributed by atoms with Gasteiger partial charge in [0, 0.05) is 43.8 Å². The smallest absolute Gasteiger partial charge is 0.264 e. The number of pyridine rings is 1. The van der Waals surface area contributed by atoms with Gasteiger partial charge in [-0.25, -0.2) is 19.9 Å². The average Bonchev–Trinajstić information content (AvgIpc) is 3.73. The molecule has 7 nitrogen and oxygen atoms in total. The van der Waals surface area contributed by atoms with E-state index in [1.54, 1.807) is 4.40 Å². The van der Waals surface area contributed by atoms with Crippen molar-refractivity contribution in [3.8, 4) is 45.6 Å². The Bertz CT molecular complexity index is 2860.